The number of hydrogen-bond donors (Lipinski definition) is 1. The molecule has 2 aromatic rings. The van der Waals surface area contributed by atoms with Crippen molar-refractivity contribution in [1.82, 2.24) is 0 Å². The number of fused-ring (bicyclic) bond motifs is 1. The Kier molecular flexibility index (Phi) is 5.19. The van der Waals surface area contributed by atoms with Gasteiger partial charge in [0.05, 0.1) is 0 Å². The zero-order valence-electron chi connectivity index (χ0n) is 15.6. The van der Waals surface area contributed by atoms with Crippen molar-refractivity contribution in [1.29, 1.82) is 0 Å². The molecule has 1 heterocycles. The first-order chi connectivity index (χ1) is 13.6. The van der Waals surface area contributed by atoms with E-state index >= 15 is 0 Å². The minimum Gasteiger partial charge on any atom is -0.456 e. The molecule has 0 radical (unpaired) electrons. The van der Waals surface area contributed by atoms with Gasteiger partial charge in [-0.15, -0.1) is 0 Å². The van der Waals surface area contributed by atoms with Gasteiger partial charge < -0.3 is 19.5 Å². The monoisotopic (exact) mass is 381 g/mol. The van der Waals surface area contributed by atoms with Crippen molar-refractivity contribution in [2.24, 2.45) is 0 Å². The van der Waals surface area contributed by atoms with Crippen LogP contribution in [-0.2, 0) is 20.7 Å². The Bertz CT molecular complexity index is 858. The van der Waals surface area contributed by atoms with Gasteiger partial charge in [0, 0.05) is 31.0 Å². The summed E-state index contributed by atoms with van der Waals surface area (Å²) >= 11 is 0. The third kappa shape index (κ3) is 4.27. The maximum Gasteiger partial charge on any atom is 0.306 e. The van der Waals surface area contributed by atoms with Gasteiger partial charge in [0.2, 0.25) is 0 Å². The number of amides is 1. The fourth-order valence-corrected chi connectivity index (χ4v) is 3.60. The Labute approximate surface area is 163 Å². The fraction of sp³-hybridized carbons (Fsp3) is 0.364. The number of rotatable bonds is 6. The number of nitrogens with one attached hydrogen (secondary N) is 1. The quantitative estimate of drug-likeness (QED) is 0.770. The highest BCUT2D eigenvalue weighted by Crippen LogP contribution is 2.47. The molecular formula is C22H23NO5. The van der Waals surface area contributed by atoms with Crippen molar-refractivity contribution in [2.45, 2.75) is 44.3 Å². The molecule has 0 unspecified atom stereocenters. The molecule has 1 aliphatic heterocycles. The molecule has 1 saturated carbocycles. The molecule has 6 heteroatoms. The summed E-state index contributed by atoms with van der Waals surface area (Å²) in [5, 5.41) is 2.73. The predicted octanol–water partition coefficient (Wildman–Crippen LogP) is 3.84. The zero-order chi connectivity index (χ0) is 19.4. The van der Waals surface area contributed by atoms with Gasteiger partial charge in [-0.2, -0.15) is 0 Å². The van der Waals surface area contributed by atoms with E-state index in [-0.39, 0.29) is 18.9 Å². The van der Waals surface area contributed by atoms with Gasteiger partial charge in [-0.05, 0) is 37.0 Å². The molecule has 1 N–H and O–H groups in total. The highest BCUT2D eigenvalue weighted by Gasteiger charge is 2.44. The summed E-state index contributed by atoms with van der Waals surface area (Å²) in [5.74, 6) is 0.0290. The largest absolute Gasteiger partial charge is 0.456 e. The van der Waals surface area contributed by atoms with Crippen LogP contribution in [0.5, 0.6) is 11.5 Å². The Hall–Kier alpha value is -3.02. The van der Waals surface area contributed by atoms with Crippen molar-refractivity contribution in [3.63, 3.8) is 0 Å². The molecule has 0 aromatic heterocycles. The standard InChI is InChI=1S/C22H23NO5/c24-20(15-26-21(25)11-8-16-6-2-1-3-7-16)23-17-9-10-18-19(14-17)28-22(27-18)12-4-5-13-22/h1-3,6-7,9-10,14H,4-5,8,11-13,15H2,(H,23,24). The van der Waals surface area contributed by atoms with E-state index in [1.807, 2.05) is 30.3 Å². The SMILES string of the molecule is O=C(COC(=O)CCc1ccccc1)Nc1ccc2c(c1)OC1(CCCC1)O2. The summed E-state index contributed by atoms with van der Waals surface area (Å²) in [6, 6.07) is 15.0. The van der Waals surface area contributed by atoms with E-state index in [4.69, 9.17) is 14.2 Å². The number of aryl methyl sites for hydroxylation is 1. The van der Waals surface area contributed by atoms with Crippen LogP contribution in [0.1, 0.15) is 37.7 Å². The lowest BCUT2D eigenvalue weighted by atomic mass is 10.1. The third-order valence-electron chi connectivity index (χ3n) is 5.01. The van der Waals surface area contributed by atoms with Gasteiger partial charge >= 0.3 is 5.97 Å². The molecule has 0 atom stereocenters. The average molecular weight is 381 g/mol. The molecule has 146 valence electrons. The van der Waals surface area contributed by atoms with E-state index in [0.717, 1.165) is 31.2 Å². The first kappa shape index (κ1) is 18.3. The highest BCUT2D eigenvalue weighted by molar-refractivity contribution is 5.93. The number of carbonyl (C=O) groups is 2. The van der Waals surface area contributed by atoms with Gasteiger partial charge in [-0.3, -0.25) is 9.59 Å². The summed E-state index contributed by atoms with van der Waals surface area (Å²) in [5.41, 5.74) is 1.65. The van der Waals surface area contributed by atoms with Crippen LogP contribution in [-0.4, -0.2) is 24.3 Å². The van der Waals surface area contributed by atoms with Gasteiger partial charge in [-0.25, -0.2) is 0 Å². The van der Waals surface area contributed by atoms with Crippen LogP contribution >= 0.6 is 0 Å². The van der Waals surface area contributed by atoms with Crippen LogP contribution < -0.4 is 14.8 Å². The van der Waals surface area contributed by atoms with Crippen LogP contribution in [0.4, 0.5) is 5.69 Å². The summed E-state index contributed by atoms with van der Waals surface area (Å²) < 4.78 is 17.0. The Balaban J connectivity index is 1.24. The van der Waals surface area contributed by atoms with Crippen molar-refractivity contribution in [3.8, 4) is 11.5 Å². The molecule has 1 amide bonds. The van der Waals surface area contributed by atoms with Gasteiger partial charge in [-0.1, -0.05) is 30.3 Å². The van der Waals surface area contributed by atoms with Crippen LogP contribution in [0.15, 0.2) is 48.5 Å². The third-order valence-corrected chi connectivity index (χ3v) is 5.01. The second kappa shape index (κ2) is 7.92. The second-order valence-electron chi connectivity index (χ2n) is 7.18. The molecule has 2 aromatic carbocycles. The van der Waals surface area contributed by atoms with Gasteiger partial charge in [0.1, 0.15) is 0 Å². The minimum absolute atomic E-state index is 0.239. The maximum atomic E-state index is 12.1. The van der Waals surface area contributed by atoms with E-state index in [9.17, 15) is 9.59 Å². The lowest BCUT2D eigenvalue weighted by Crippen LogP contribution is -2.34. The first-order valence-electron chi connectivity index (χ1n) is 9.63. The van der Waals surface area contributed by atoms with Gasteiger partial charge in [0.15, 0.2) is 18.1 Å². The number of anilines is 1. The normalized spacial score (nSPS) is 16.1. The lowest BCUT2D eigenvalue weighted by molar-refractivity contribution is -0.147. The topological polar surface area (TPSA) is 73.9 Å². The van der Waals surface area contributed by atoms with Crippen molar-refractivity contribution in [3.05, 3.63) is 54.1 Å². The van der Waals surface area contributed by atoms with E-state index in [0.29, 0.717) is 23.6 Å². The summed E-state index contributed by atoms with van der Waals surface area (Å²) in [7, 11) is 0. The lowest BCUT2D eigenvalue weighted by Gasteiger charge is -2.21. The molecule has 1 fully saturated rings. The highest BCUT2D eigenvalue weighted by atomic mass is 16.7. The van der Waals surface area contributed by atoms with E-state index in [1.165, 1.54) is 0 Å². The molecule has 6 nitrogen and oxygen atoms in total. The summed E-state index contributed by atoms with van der Waals surface area (Å²) in [4.78, 5) is 23.9. The van der Waals surface area contributed by atoms with Crippen molar-refractivity contribution < 1.29 is 23.8 Å². The van der Waals surface area contributed by atoms with E-state index in [1.54, 1.807) is 18.2 Å². The molecule has 4 rings (SSSR count). The number of benzene rings is 2. The van der Waals surface area contributed by atoms with E-state index < -0.39 is 11.8 Å². The Morgan fingerprint density at radius 1 is 1.00 bits per heavy atom. The molecule has 0 saturated heterocycles. The van der Waals surface area contributed by atoms with Crippen LogP contribution in [0.2, 0.25) is 0 Å². The summed E-state index contributed by atoms with van der Waals surface area (Å²) in [6.07, 6.45) is 4.76. The minimum atomic E-state index is -0.529. The molecular weight excluding hydrogens is 358 g/mol. The summed E-state index contributed by atoms with van der Waals surface area (Å²) in [6.45, 7) is -0.313. The number of carbonyl (C=O) groups excluding carboxylic acids is 2. The van der Waals surface area contributed by atoms with Crippen LogP contribution in [0, 0.1) is 0 Å². The average Bonchev–Trinajstić information content (AvgIpc) is 3.31. The first-order valence-corrected chi connectivity index (χ1v) is 9.63. The molecule has 28 heavy (non-hydrogen) atoms. The van der Waals surface area contributed by atoms with Crippen LogP contribution in [0.3, 0.4) is 0 Å². The van der Waals surface area contributed by atoms with E-state index in [2.05, 4.69) is 5.32 Å². The molecule has 1 spiro atoms. The maximum absolute atomic E-state index is 12.1. The number of esters is 1. The number of hydrogen-bond acceptors (Lipinski definition) is 5. The van der Waals surface area contributed by atoms with Gasteiger partial charge in [0.25, 0.3) is 11.7 Å². The zero-order valence-corrected chi connectivity index (χ0v) is 15.6. The fourth-order valence-electron chi connectivity index (χ4n) is 3.60. The van der Waals surface area contributed by atoms with Crippen molar-refractivity contribution >= 4 is 17.6 Å². The molecule has 0 bridgehead atoms. The predicted molar refractivity (Wildman–Crippen MR) is 103 cm³/mol. The second-order valence-corrected chi connectivity index (χ2v) is 7.18. The Morgan fingerprint density at radius 3 is 2.54 bits per heavy atom. The Morgan fingerprint density at radius 2 is 1.75 bits per heavy atom. The molecule has 1 aliphatic carbocycles. The molecule has 2 aliphatic rings. The van der Waals surface area contributed by atoms with Crippen LogP contribution in [0.25, 0.3) is 0 Å². The smallest absolute Gasteiger partial charge is 0.306 e. The number of ether oxygens (including phenoxy) is 3. The van der Waals surface area contributed by atoms with Crippen molar-refractivity contribution in [2.75, 3.05) is 11.9 Å².